The Morgan fingerprint density at radius 3 is 2.63 bits per heavy atom. The largest absolute Gasteiger partial charge is 0.369 e. The first kappa shape index (κ1) is 14.3. The van der Waals surface area contributed by atoms with Gasteiger partial charge in [0, 0.05) is 26.2 Å². The Kier molecular flexibility index (Phi) is 5.15. The van der Waals surface area contributed by atoms with Gasteiger partial charge in [-0.05, 0) is 25.8 Å². The zero-order valence-electron chi connectivity index (χ0n) is 11.4. The molecule has 0 saturated carbocycles. The summed E-state index contributed by atoms with van der Waals surface area (Å²) in [4.78, 5) is 27.3. The zero-order valence-corrected chi connectivity index (χ0v) is 11.4. The van der Waals surface area contributed by atoms with Crippen LogP contribution in [0.5, 0.6) is 0 Å². The average molecular weight is 268 g/mol. The molecule has 2 rings (SSSR count). The van der Waals surface area contributed by atoms with Crippen LogP contribution in [0.3, 0.4) is 0 Å². The highest BCUT2D eigenvalue weighted by Gasteiger charge is 2.27. The van der Waals surface area contributed by atoms with E-state index in [1.54, 1.807) is 0 Å². The van der Waals surface area contributed by atoms with Crippen LogP contribution >= 0.6 is 0 Å². The van der Waals surface area contributed by atoms with Gasteiger partial charge in [0.15, 0.2) is 0 Å². The molecule has 2 saturated heterocycles. The molecule has 0 radical (unpaired) electrons. The third-order valence-corrected chi connectivity index (χ3v) is 3.89. The highest BCUT2D eigenvalue weighted by atomic mass is 16.2. The molecule has 0 spiro atoms. The predicted octanol–water partition coefficient (Wildman–Crippen LogP) is -0.852. The maximum atomic E-state index is 12.4. The van der Waals surface area contributed by atoms with Gasteiger partial charge in [-0.25, -0.2) is 0 Å². The van der Waals surface area contributed by atoms with Gasteiger partial charge in [0.25, 0.3) is 0 Å². The lowest BCUT2D eigenvalue weighted by Gasteiger charge is -2.29. The number of carbonyl (C=O) groups excluding carboxylic acids is 2. The maximum absolute atomic E-state index is 12.4. The van der Waals surface area contributed by atoms with Gasteiger partial charge in [-0.15, -0.1) is 0 Å². The van der Waals surface area contributed by atoms with Crippen LogP contribution in [0, 0.1) is 0 Å². The van der Waals surface area contributed by atoms with Crippen molar-refractivity contribution in [1.82, 2.24) is 15.1 Å². The number of piperidine rings is 1. The fraction of sp³-hybridized carbons (Fsp3) is 0.846. The molecule has 6 heteroatoms. The minimum absolute atomic E-state index is 0.00330. The van der Waals surface area contributed by atoms with Crippen LogP contribution in [0.2, 0.25) is 0 Å². The van der Waals surface area contributed by atoms with Crippen LogP contribution in [-0.4, -0.2) is 66.9 Å². The second-order valence-corrected chi connectivity index (χ2v) is 5.42. The molecule has 0 aromatic rings. The van der Waals surface area contributed by atoms with Crippen LogP contribution in [-0.2, 0) is 9.59 Å². The van der Waals surface area contributed by atoms with E-state index in [0.717, 1.165) is 51.9 Å². The van der Waals surface area contributed by atoms with Crippen molar-refractivity contribution in [3.05, 3.63) is 0 Å². The van der Waals surface area contributed by atoms with Gasteiger partial charge in [0.05, 0.1) is 12.6 Å². The minimum Gasteiger partial charge on any atom is -0.369 e. The van der Waals surface area contributed by atoms with Gasteiger partial charge < -0.3 is 16.0 Å². The van der Waals surface area contributed by atoms with Crippen molar-refractivity contribution >= 4 is 11.8 Å². The molecule has 2 amide bonds. The molecule has 2 aliphatic heterocycles. The van der Waals surface area contributed by atoms with Gasteiger partial charge in [-0.1, -0.05) is 6.42 Å². The summed E-state index contributed by atoms with van der Waals surface area (Å²) in [5.41, 5.74) is 5.21. The van der Waals surface area contributed by atoms with Gasteiger partial charge in [-0.2, -0.15) is 0 Å². The normalized spacial score (nSPS) is 25.9. The monoisotopic (exact) mass is 268 g/mol. The predicted molar refractivity (Wildman–Crippen MR) is 72.5 cm³/mol. The Morgan fingerprint density at radius 1 is 1.11 bits per heavy atom. The Bertz CT molecular complexity index is 329. The Labute approximate surface area is 114 Å². The van der Waals surface area contributed by atoms with Gasteiger partial charge in [0.2, 0.25) is 11.8 Å². The highest BCUT2D eigenvalue weighted by Crippen LogP contribution is 2.12. The number of amides is 2. The number of nitrogens with one attached hydrogen (secondary N) is 1. The van der Waals surface area contributed by atoms with Crippen LogP contribution in [0.25, 0.3) is 0 Å². The highest BCUT2D eigenvalue weighted by molar-refractivity contribution is 5.82. The van der Waals surface area contributed by atoms with E-state index in [9.17, 15) is 9.59 Å². The van der Waals surface area contributed by atoms with Crippen molar-refractivity contribution in [2.45, 2.75) is 31.7 Å². The topological polar surface area (TPSA) is 78.7 Å². The summed E-state index contributed by atoms with van der Waals surface area (Å²) >= 11 is 0. The lowest BCUT2D eigenvalue weighted by atomic mass is 10.0. The fourth-order valence-corrected chi connectivity index (χ4v) is 2.85. The number of rotatable bonds is 3. The summed E-state index contributed by atoms with van der Waals surface area (Å²) in [5, 5.41) is 3.30. The van der Waals surface area contributed by atoms with Crippen LogP contribution in [0.15, 0.2) is 0 Å². The standard InChI is InChI=1S/C13H24N4O2/c14-12(18)10-16-6-3-7-17(9-8-16)13(19)11-4-1-2-5-15-11/h11,15H,1-10H2,(H2,14,18). The lowest BCUT2D eigenvalue weighted by molar-refractivity contribution is -0.133. The van der Waals surface area contributed by atoms with E-state index in [1.165, 1.54) is 0 Å². The van der Waals surface area contributed by atoms with Crippen molar-refractivity contribution in [3.8, 4) is 0 Å². The molecular formula is C13H24N4O2. The molecule has 0 aliphatic carbocycles. The SMILES string of the molecule is NC(=O)CN1CCCN(C(=O)C2CCCCN2)CC1. The quantitative estimate of drug-likeness (QED) is 0.699. The van der Waals surface area contributed by atoms with Crippen molar-refractivity contribution in [3.63, 3.8) is 0 Å². The van der Waals surface area contributed by atoms with Crippen LogP contribution in [0.1, 0.15) is 25.7 Å². The molecule has 1 atom stereocenters. The van der Waals surface area contributed by atoms with Gasteiger partial charge in [0.1, 0.15) is 0 Å². The third kappa shape index (κ3) is 4.18. The minimum atomic E-state index is -0.297. The number of hydrogen-bond acceptors (Lipinski definition) is 4. The summed E-state index contributed by atoms with van der Waals surface area (Å²) in [6.07, 6.45) is 4.15. The van der Waals surface area contributed by atoms with E-state index in [0.29, 0.717) is 13.1 Å². The third-order valence-electron chi connectivity index (χ3n) is 3.89. The molecule has 0 aromatic carbocycles. The molecule has 2 aliphatic rings. The van der Waals surface area contributed by atoms with E-state index in [-0.39, 0.29) is 17.9 Å². The second kappa shape index (κ2) is 6.86. The lowest BCUT2D eigenvalue weighted by Crippen LogP contribution is -2.49. The molecule has 2 heterocycles. The van der Waals surface area contributed by atoms with E-state index < -0.39 is 0 Å². The van der Waals surface area contributed by atoms with Gasteiger partial charge >= 0.3 is 0 Å². The molecule has 0 aromatic heterocycles. The van der Waals surface area contributed by atoms with Gasteiger partial charge in [-0.3, -0.25) is 14.5 Å². The van der Waals surface area contributed by atoms with Crippen molar-refractivity contribution in [1.29, 1.82) is 0 Å². The molecule has 0 bridgehead atoms. The average Bonchev–Trinajstić information content (AvgIpc) is 2.64. The first-order chi connectivity index (χ1) is 9.16. The maximum Gasteiger partial charge on any atom is 0.239 e. The number of carbonyl (C=O) groups is 2. The molecule has 2 fully saturated rings. The summed E-state index contributed by atoms with van der Waals surface area (Å²) in [7, 11) is 0. The summed E-state index contributed by atoms with van der Waals surface area (Å²) in [6.45, 7) is 4.30. The van der Waals surface area contributed by atoms with E-state index >= 15 is 0 Å². The van der Waals surface area contributed by atoms with E-state index in [1.807, 2.05) is 9.80 Å². The summed E-state index contributed by atoms with van der Waals surface area (Å²) < 4.78 is 0. The van der Waals surface area contributed by atoms with E-state index in [4.69, 9.17) is 5.73 Å². The zero-order chi connectivity index (χ0) is 13.7. The fourth-order valence-electron chi connectivity index (χ4n) is 2.85. The number of nitrogens with two attached hydrogens (primary N) is 1. The van der Waals surface area contributed by atoms with Crippen LogP contribution in [0.4, 0.5) is 0 Å². The number of primary amides is 1. The first-order valence-corrected chi connectivity index (χ1v) is 7.19. The number of nitrogens with zero attached hydrogens (tertiary/aromatic N) is 2. The summed E-state index contributed by atoms with van der Waals surface area (Å²) in [5.74, 6) is -0.0747. The molecular weight excluding hydrogens is 244 g/mol. The Morgan fingerprint density at radius 2 is 1.95 bits per heavy atom. The van der Waals surface area contributed by atoms with Crippen molar-refractivity contribution in [2.75, 3.05) is 39.3 Å². The molecule has 6 nitrogen and oxygen atoms in total. The second-order valence-electron chi connectivity index (χ2n) is 5.42. The molecule has 19 heavy (non-hydrogen) atoms. The molecule has 108 valence electrons. The molecule has 3 N–H and O–H groups in total. The Hall–Kier alpha value is -1.14. The van der Waals surface area contributed by atoms with Crippen molar-refractivity contribution in [2.24, 2.45) is 5.73 Å². The van der Waals surface area contributed by atoms with E-state index in [2.05, 4.69) is 5.32 Å². The molecule has 1 unspecified atom stereocenters. The first-order valence-electron chi connectivity index (χ1n) is 7.19. The Balaban J connectivity index is 1.84. The smallest absolute Gasteiger partial charge is 0.239 e. The number of hydrogen-bond donors (Lipinski definition) is 2. The van der Waals surface area contributed by atoms with Crippen LogP contribution < -0.4 is 11.1 Å². The summed E-state index contributed by atoms with van der Waals surface area (Å²) in [6, 6.07) is -0.00330. The van der Waals surface area contributed by atoms with Crippen molar-refractivity contribution < 1.29 is 9.59 Å².